The van der Waals surface area contributed by atoms with Crippen LogP contribution >= 0.6 is 0 Å². The second-order valence-electron chi connectivity index (χ2n) is 10.5. The van der Waals surface area contributed by atoms with E-state index >= 15 is 0 Å². The topological polar surface area (TPSA) is 214 Å². The van der Waals surface area contributed by atoms with Crippen molar-refractivity contribution in [3.8, 4) is 11.5 Å². The molecule has 1 aliphatic heterocycles. The highest BCUT2D eigenvalue weighted by molar-refractivity contribution is 5.73. The van der Waals surface area contributed by atoms with Crippen LogP contribution in [0.3, 0.4) is 0 Å². The second-order valence-corrected chi connectivity index (χ2v) is 10.5. The molecule has 1 heterocycles. The summed E-state index contributed by atoms with van der Waals surface area (Å²) in [5.74, 6) is -4.47. The number of ether oxygens (including phenoxy) is 5. The van der Waals surface area contributed by atoms with Crippen molar-refractivity contribution in [1.82, 2.24) is 9.80 Å². The van der Waals surface area contributed by atoms with E-state index in [9.17, 15) is 46.6 Å². The lowest BCUT2D eigenvalue weighted by molar-refractivity contribution is -0.385. The first-order valence-corrected chi connectivity index (χ1v) is 15.2. The van der Waals surface area contributed by atoms with Crippen LogP contribution in [-0.2, 0) is 36.9 Å². The zero-order valence-electron chi connectivity index (χ0n) is 28.4. The van der Waals surface area contributed by atoms with E-state index in [1.807, 2.05) is 0 Å². The number of hydrogen-bond donors (Lipinski definition) is 2. The van der Waals surface area contributed by atoms with Crippen molar-refractivity contribution >= 4 is 23.3 Å². The molecule has 1 saturated heterocycles. The summed E-state index contributed by atoms with van der Waals surface area (Å²) in [5.41, 5.74) is 1.54. The molecular formula is C30H38F6N4O13. The quantitative estimate of drug-likeness (QED) is 0.219. The van der Waals surface area contributed by atoms with Crippen molar-refractivity contribution in [1.29, 1.82) is 0 Å². The van der Waals surface area contributed by atoms with Gasteiger partial charge in [-0.05, 0) is 12.1 Å². The maximum absolute atomic E-state index is 11.3. The predicted octanol–water partition coefficient (Wildman–Crippen LogP) is 4.15. The smallest absolute Gasteiger partial charge is 0.490 e. The molecule has 2 N–H and O–H groups in total. The van der Waals surface area contributed by atoms with Crippen LogP contribution in [0.25, 0.3) is 0 Å². The van der Waals surface area contributed by atoms with Gasteiger partial charge in [0.1, 0.15) is 11.5 Å². The Bertz CT molecular complexity index is 1460. The van der Waals surface area contributed by atoms with Crippen molar-refractivity contribution in [2.45, 2.75) is 25.4 Å². The number of nitro groups is 2. The van der Waals surface area contributed by atoms with Crippen molar-refractivity contribution < 1.29 is 79.7 Å². The first-order chi connectivity index (χ1) is 24.8. The molecule has 2 aromatic carbocycles. The minimum Gasteiger partial charge on any atom is -0.496 e. The van der Waals surface area contributed by atoms with E-state index in [1.54, 1.807) is 19.2 Å². The Morgan fingerprint density at radius 3 is 1.40 bits per heavy atom. The number of aliphatic carboxylic acids is 2. The molecule has 0 radical (unpaired) electrons. The number of carbonyl (C=O) groups is 2. The SMILES string of the molecule is COc1ccc([N+](=O)[O-])cc1CN1CCOCCOCCN(Cc2ccc([N+](=O)[O-])cc2OC)CCOCC1.O=C(O)C(F)(F)F.O=C(O)C(F)(F)F. The number of nitrogens with zero attached hydrogens (tertiary/aromatic N) is 4. The van der Waals surface area contributed by atoms with E-state index in [0.29, 0.717) is 90.4 Å². The van der Waals surface area contributed by atoms with Crippen LogP contribution in [0, 0.1) is 20.2 Å². The number of non-ortho nitro benzene ring substituents is 2. The zero-order chi connectivity index (χ0) is 40.2. The number of halogens is 6. The Labute approximate surface area is 297 Å². The molecule has 0 spiro atoms. The Hall–Kier alpha value is -4.84. The molecule has 3 rings (SSSR count). The van der Waals surface area contributed by atoms with Crippen LogP contribution in [0.2, 0.25) is 0 Å². The molecule has 17 nitrogen and oxygen atoms in total. The molecule has 0 aliphatic carbocycles. The van der Waals surface area contributed by atoms with Crippen molar-refractivity contribution in [3.05, 3.63) is 67.8 Å². The van der Waals surface area contributed by atoms with Gasteiger partial charge in [0.25, 0.3) is 11.4 Å². The maximum Gasteiger partial charge on any atom is 0.490 e. The van der Waals surface area contributed by atoms with Crippen LogP contribution in [0.1, 0.15) is 11.1 Å². The monoisotopic (exact) mass is 776 g/mol. The van der Waals surface area contributed by atoms with Crippen LogP contribution in [-0.4, -0.2) is 134 Å². The standard InChI is InChI=1S/C26H36N4O9.2C2HF3O2/c1-35-25-6-5-23(29(31)32)17-22(25)20-28-8-12-37-11-7-27(9-13-38-15-16-39-14-10-28)19-21-3-4-24(30(33)34)18-26(21)36-2;2*3-2(4,5)1(6)7/h3-6,17-18H,7-16,19-20H2,1-2H3;2*(H,6,7). The van der Waals surface area contributed by atoms with E-state index in [-0.39, 0.29) is 11.4 Å². The largest absolute Gasteiger partial charge is 0.496 e. The molecule has 0 unspecified atom stereocenters. The molecular weight excluding hydrogens is 738 g/mol. The lowest BCUT2D eigenvalue weighted by atomic mass is 10.1. The normalized spacial score (nSPS) is 15.5. The summed E-state index contributed by atoms with van der Waals surface area (Å²) in [5, 5.41) is 36.6. The van der Waals surface area contributed by atoms with Crippen LogP contribution in [0.4, 0.5) is 37.7 Å². The number of methoxy groups -OCH3 is 2. The molecule has 298 valence electrons. The van der Waals surface area contributed by atoms with Gasteiger partial charge in [0.2, 0.25) is 0 Å². The third-order valence-electron chi connectivity index (χ3n) is 6.81. The third-order valence-corrected chi connectivity index (χ3v) is 6.81. The number of nitro benzene ring substituents is 2. The van der Waals surface area contributed by atoms with Crippen molar-refractivity contribution in [2.24, 2.45) is 0 Å². The van der Waals surface area contributed by atoms with Crippen molar-refractivity contribution in [3.63, 3.8) is 0 Å². The molecule has 23 heteroatoms. The first-order valence-electron chi connectivity index (χ1n) is 15.2. The molecule has 0 atom stereocenters. The van der Waals surface area contributed by atoms with Gasteiger partial charge in [-0.1, -0.05) is 0 Å². The Morgan fingerprint density at radius 1 is 0.660 bits per heavy atom. The lowest BCUT2D eigenvalue weighted by Crippen LogP contribution is -2.33. The fraction of sp³-hybridized carbons (Fsp3) is 0.533. The molecule has 0 aromatic heterocycles. The van der Waals surface area contributed by atoms with E-state index in [2.05, 4.69) is 9.80 Å². The summed E-state index contributed by atoms with van der Waals surface area (Å²) in [6, 6.07) is 9.19. The van der Waals surface area contributed by atoms with Crippen LogP contribution in [0.5, 0.6) is 11.5 Å². The van der Waals surface area contributed by atoms with E-state index < -0.39 is 34.1 Å². The van der Waals surface area contributed by atoms with Crippen molar-refractivity contribution in [2.75, 3.05) is 80.0 Å². The van der Waals surface area contributed by atoms with Gasteiger partial charge in [0, 0.05) is 68.6 Å². The summed E-state index contributed by atoms with van der Waals surface area (Å²) in [6.45, 7) is 6.24. The van der Waals surface area contributed by atoms with Crippen LogP contribution in [0.15, 0.2) is 36.4 Å². The molecule has 0 saturated carbocycles. The Balaban J connectivity index is 0.000000845. The summed E-state index contributed by atoms with van der Waals surface area (Å²) >= 11 is 0. The number of carboxylic acids is 2. The first kappa shape index (κ1) is 46.2. The van der Waals surface area contributed by atoms with Gasteiger partial charge in [-0.25, -0.2) is 9.59 Å². The number of rotatable bonds is 8. The minimum atomic E-state index is -5.08. The number of alkyl halides is 6. The minimum absolute atomic E-state index is 0.0125. The zero-order valence-corrected chi connectivity index (χ0v) is 28.4. The molecule has 0 amide bonds. The van der Waals surface area contributed by atoms with Gasteiger partial charge in [-0.2, -0.15) is 26.3 Å². The van der Waals surface area contributed by atoms with E-state index in [0.717, 1.165) is 11.1 Å². The number of hydrogen-bond acceptors (Lipinski definition) is 13. The Morgan fingerprint density at radius 2 is 1.02 bits per heavy atom. The number of benzene rings is 2. The maximum atomic E-state index is 11.3. The van der Waals surface area contributed by atoms with Gasteiger partial charge in [-0.15, -0.1) is 0 Å². The molecule has 0 bridgehead atoms. The average Bonchev–Trinajstić information content (AvgIpc) is 3.09. The Kier molecular flexibility index (Phi) is 20.0. The molecule has 53 heavy (non-hydrogen) atoms. The van der Waals surface area contributed by atoms with Gasteiger partial charge in [-0.3, -0.25) is 30.0 Å². The average molecular weight is 777 g/mol. The van der Waals surface area contributed by atoms with Gasteiger partial charge in [0.05, 0.1) is 69.8 Å². The second kappa shape index (κ2) is 23.0. The lowest BCUT2D eigenvalue weighted by Gasteiger charge is -2.24. The van der Waals surface area contributed by atoms with Crippen LogP contribution < -0.4 is 9.47 Å². The van der Waals surface area contributed by atoms with E-state index in [4.69, 9.17) is 43.5 Å². The summed E-state index contributed by atoms with van der Waals surface area (Å²) in [7, 11) is 3.04. The van der Waals surface area contributed by atoms with Gasteiger partial charge >= 0.3 is 24.3 Å². The predicted molar refractivity (Wildman–Crippen MR) is 170 cm³/mol. The summed E-state index contributed by atoms with van der Waals surface area (Å²) in [6.07, 6.45) is -10.2. The molecule has 1 aliphatic rings. The third kappa shape index (κ3) is 18.5. The highest BCUT2D eigenvalue weighted by Gasteiger charge is 2.38. The van der Waals surface area contributed by atoms with Gasteiger partial charge in [0.15, 0.2) is 0 Å². The summed E-state index contributed by atoms with van der Waals surface area (Å²) < 4.78 is 91.7. The fourth-order valence-corrected chi connectivity index (χ4v) is 4.20. The van der Waals surface area contributed by atoms with E-state index in [1.165, 1.54) is 31.4 Å². The highest BCUT2D eigenvalue weighted by atomic mass is 19.4. The number of carboxylic acid groups (broad SMARTS) is 2. The van der Waals surface area contributed by atoms with Gasteiger partial charge < -0.3 is 33.9 Å². The summed E-state index contributed by atoms with van der Waals surface area (Å²) in [4.78, 5) is 43.6. The molecule has 2 aromatic rings. The molecule has 1 fully saturated rings. The fourth-order valence-electron chi connectivity index (χ4n) is 4.20. The highest BCUT2D eigenvalue weighted by Crippen LogP contribution is 2.27.